The lowest BCUT2D eigenvalue weighted by atomic mass is 9.82. The van der Waals surface area contributed by atoms with Crippen molar-refractivity contribution in [3.05, 3.63) is 65.2 Å². The molecule has 3 N–H and O–H groups in total. The summed E-state index contributed by atoms with van der Waals surface area (Å²) in [5.41, 5.74) is 1.13. The molecule has 0 fully saturated rings. The number of carbonyl (C=O) groups excluding carboxylic acids is 1. The number of benzene rings is 2. The van der Waals surface area contributed by atoms with Crippen LogP contribution in [-0.4, -0.2) is 25.4 Å². The number of allylic oxidation sites excluding steroid dienone is 2. The first-order valence-corrected chi connectivity index (χ1v) is 11.1. The summed E-state index contributed by atoms with van der Waals surface area (Å²) in [6.07, 6.45) is 4.14. The topological polar surface area (TPSA) is 113 Å². The molecule has 2 aromatic rings. The molecule has 0 saturated carbocycles. The molecule has 1 aliphatic rings. The Morgan fingerprint density at radius 1 is 1.00 bits per heavy atom. The maximum absolute atomic E-state index is 12.8. The fourth-order valence-corrected chi connectivity index (χ4v) is 4.76. The molecule has 7 nitrogen and oxygen atoms in total. The van der Waals surface area contributed by atoms with E-state index in [9.17, 15) is 23.1 Å². The van der Waals surface area contributed by atoms with Crippen LogP contribution in [-0.2, 0) is 19.6 Å². The van der Waals surface area contributed by atoms with Gasteiger partial charge >= 0.3 is 5.97 Å². The van der Waals surface area contributed by atoms with Crippen LogP contribution >= 0.6 is 11.6 Å². The molecule has 0 bridgehead atoms. The van der Waals surface area contributed by atoms with Crippen LogP contribution in [0.4, 0.5) is 11.4 Å². The van der Waals surface area contributed by atoms with Crippen molar-refractivity contribution in [1.29, 1.82) is 0 Å². The third kappa shape index (κ3) is 5.01. The van der Waals surface area contributed by atoms with Crippen LogP contribution in [0.3, 0.4) is 0 Å². The zero-order chi connectivity index (χ0) is 21.9. The highest BCUT2D eigenvalue weighted by Crippen LogP contribution is 2.28. The molecule has 0 aromatic heterocycles. The highest BCUT2D eigenvalue weighted by Gasteiger charge is 2.34. The van der Waals surface area contributed by atoms with Crippen molar-refractivity contribution in [3.63, 3.8) is 0 Å². The number of carbonyl (C=O) groups is 2. The van der Waals surface area contributed by atoms with Crippen LogP contribution in [0, 0.1) is 18.8 Å². The minimum Gasteiger partial charge on any atom is -0.481 e. The number of nitrogens with one attached hydrogen (secondary N) is 2. The van der Waals surface area contributed by atoms with E-state index < -0.39 is 33.7 Å². The number of halogens is 1. The largest absolute Gasteiger partial charge is 0.481 e. The summed E-state index contributed by atoms with van der Waals surface area (Å²) in [4.78, 5) is 24.1. The lowest BCUT2D eigenvalue weighted by Crippen LogP contribution is -2.34. The van der Waals surface area contributed by atoms with Crippen LogP contribution < -0.4 is 10.0 Å². The third-order valence-corrected chi connectivity index (χ3v) is 6.70. The summed E-state index contributed by atoms with van der Waals surface area (Å²) in [6, 6.07) is 10.8. The maximum atomic E-state index is 12.8. The van der Waals surface area contributed by atoms with E-state index in [1.165, 1.54) is 6.07 Å². The van der Waals surface area contributed by atoms with E-state index in [4.69, 9.17) is 11.6 Å². The number of aliphatic carboxylic acids is 1. The van der Waals surface area contributed by atoms with Gasteiger partial charge in [-0.2, -0.15) is 0 Å². The summed E-state index contributed by atoms with van der Waals surface area (Å²) in [7, 11) is -3.91. The van der Waals surface area contributed by atoms with Gasteiger partial charge in [-0.15, -0.1) is 0 Å². The van der Waals surface area contributed by atoms with E-state index in [2.05, 4.69) is 10.0 Å². The lowest BCUT2D eigenvalue weighted by Gasteiger charge is -2.24. The second-order valence-electron chi connectivity index (χ2n) is 7.08. The molecule has 158 valence electrons. The molecular formula is C21H21ClN2O5S. The maximum Gasteiger partial charge on any atom is 0.307 e. The van der Waals surface area contributed by atoms with E-state index in [0.29, 0.717) is 22.7 Å². The number of rotatable bonds is 6. The van der Waals surface area contributed by atoms with Gasteiger partial charge in [0.2, 0.25) is 5.91 Å². The second kappa shape index (κ2) is 8.89. The summed E-state index contributed by atoms with van der Waals surface area (Å²) in [5.74, 6) is -3.01. The first-order chi connectivity index (χ1) is 14.2. The first kappa shape index (κ1) is 21.9. The van der Waals surface area contributed by atoms with Crippen molar-refractivity contribution in [1.82, 2.24) is 0 Å². The molecule has 0 spiro atoms. The molecule has 2 atom stereocenters. The van der Waals surface area contributed by atoms with Gasteiger partial charge in [-0.1, -0.05) is 29.8 Å². The van der Waals surface area contributed by atoms with Crippen LogP contribution in [0.5, 0.6) is 0 Å². The van der Waals surface area contributed by atoms with E-state index in [1.54, 1.807) is 55.5 Å². The summed E-state index contributed by atoms with van der Waals surface area (Å²) in [5, 5.41) is 12.5. The number of hydrogen-bond donors (Lipinski definition) is 3. The Morgan fingerprint density at radius 3 is 2.23 bits per heavy atom. The highest BCUT2D eigenvalue weighted by atomic mass is 35.5. The fraction of sp³-hybridized carbons (Fsp3) is 0.238. The van der Waals surface area contributed by atoms with Crippen molar-refractivity contribution in [2.75, 3.05) is 10.0 Å². The number of aryl methyl sites for hydroxylation is 1. The molecule has 0 unspecified atom stereocenters. The van der Waals surface area contributed by atoms with Crippen LogP contribution in [0.2, 0.25) is 5.02 Å². The van der Waals surface area contributed by atoms with Gasteiger partial charge in [0.25, 0.3) is 10.0 Å². The van der Waals surface area contributed by atoms with Crippen molar-refractivity contribution < 1.29 is 23.1 Å². The molecule has 1 amide bonds. The molecule has 9 heteroatoms. The number of hydrogen-bond acceptors (Lipinski definition) is 4. The lowest BCUT2D eigenvalue weighted by molar-refractivity contribution is -0.146. The number of carboxylic acids is 1. The third-order valence-electron chi connectivity index (χ3n) is 4.93. The normalized spacial score (nSPS) is 18.6. The van der Waals surface area contributed by atoms with E-state index in [0.717, 1.165) is 0 Å². The van der Waals surface area contributed by atoms with Crippen molar-refractivity contribution in [2.24, 2.45) is 11.8 Å². The van der Waals surface area contributed by atoms with Gasteiger partial charge in [0.1, 0.15) is 0 Å². The first-order valence-electron chi connectivity index (χ1n) is 9.25. The Morgan fingerprint density at radius 2 is 1.60 bits per heavy atom. The van der Waals surface area contributed by atoms with E-state index >= 15 is 0 Å². The van der Waals surface area contributed by atoms with Gasteiger partial charge in [0, 0.05) is 16.4 Å². The highest BCUT2D eigenvalue weighted by molar-refractivity contribution is 7.92. The SMILES string of the molecule is Cc1ccc(NC(=O)[C@H]2CC=CC[C@@H]2C(=O)O)cc1S(=O)(=O)Nc1ccc(Cl)cc1. The van der Waals surface area contributed by atoms with Gasteiger partial charge in [0.15, 0.2) is 0 Å². The van der Waals surface area contributed by atoms with Gasteiger partial charge in [-0.3, -0.25) is 14.3 Å². The van der Waals surface area contributed by atoms with Crippen LogP contribution in [0.15, 0.2) is 59.5 Å². The molecule has 1 aliphatic carbocycles. The Bertz CT molecular complexity index is 1100. The van der Waals surface area contributed by atoms with Crippen LogP contribution in [0.25, 0.3) is 0 Å². The second-order valence-corrected chi connectivity index (χ2v) is 9.16. The van der Waals surface area contributed by atoms with Gasteiger partial charge < -0.3 is 10.4 Å². The number of amides is 1. The Labute approximate surface area is 179 Å². The quantitative estimate of drug-likeness (QED) is 0.577. The van der Waals surface area contributed by atoms with Gasteiger partial charge in [-0.05, 0) is 61.7 Å². The number of carboxylic acid groups (broad SMARTS) is 1. The number of anilines is 2. The number of sulfonamides is 1. The van der Waals surface area contributed by atoms with E-state index in [-0.39, 0.29) is 17.0 Å². The minimum atomic E-state index is -3.91. The zero-order valence-electron chi connectivity index (χ0n) is 16.1. The average Bonchev–Trinajstić information content (AvgIpc) is 2.70. The zero-order valence-corrected chi connectivity index (χ0v) is 17.7. The van der Waals surface area contributed by atoms with Crippen molar-refractivity contribution in [3.8, 4) is 0 Å². The average molecular weight is 449 g/mol. The molecule has 0 saturated heterocycles. The van der Waals surface area contributed by atoms with Crippen molar-refractivity contribution in [2.45, 2.75) is 24.7 Å². The molecule has 0 heterocycles. The minimum absolute atomic E-state index is 0.00794. The summed E-state index contributed by atoms with van der Waals surface area (Å²) < 4.78 is 28.2. The molecule has 3 rings (SSSR count). The molecule has 0 aliphatic heterocycles. The van der Waals surface area contributed by atoms with Crippen molar-refractivity contribution >= 4 is 44.9 Å². The van der Waals surface area contributed by atoms with Gasteiger partial charge in [-0.25, -0.2) is 8.42 Å². The standard InChI is InChI=1S/C21H21ClN2O5S/c1-13-6-9-16(23-20(25)17-4-2-3-5-18(17)21(26)27)12-19(13)30(28,29)24-15-10-7-14(22)8-11-15/h2-3,6-12,17-18,24H,4-5H2,1H3,(H,23,25)(H,26,27)/t17-,18-/m0/s1. The Hall–Kier alpha value is -2.84. The molecular weight excluding hydrogens is 428 g/mol. The fourth-order valence-electron chi connectivity index (χ4n) is 3.31. The molecule has 0 radical (unpaired) electrons. The van der Waals surface area contributed by atoms with Crippen LogP contribution in [0.1, 0.15) is 18.4 Å². The molecule has 2 aromatic carbocycles. The smallest absolute Gasteiger partial charge is 0.307 e. The van der Waals surface area contributed by atoms with Gasteiger partial charge in [0.05, 0.1) is 16.7 Å². The Kier molecular flexibility index (Phi) is 6.48. The Balaban J connectivity index is 1.82. The summed E-state index contributed by atoms with van der Waals surface area (Å²) in [6.45, 7) is 1.65. The predicted octanol–water partition coefficient (Wildman–Crippen LogP) is 4.05. The van der Waals surface area contributed by atoms with E-state index in [1.807, 2.05) is 0 Å². The predicted molar refractivity (Wildman–Crippen MR) is 115 cm³/mol. The monoisotopic (exact) mass is 448 g/mol. The summed E-state index contributed by atoms with van der Waals surface area (Å²) >= 11 is 5.83. The molecule has 30 heavy (non-hydrogen) atoms.